The van der Waals surface area contributed by atoms with Crippen LogP contribution in [0.4, 0.5) is 0 Å². The Labute approximate surface area is 149 Å². The van der Waals surface area contributed by atoms with Crippen LogP contribution >= 0.6 is 0 Å². The van der Waals surface area contributed by atoms with E-state index in [0.717, 1.165) is 18.2 Å². The van der Waals surface area contributed by atoms with Crippen LogP contribution in [0, 0.1) is 0 Å². The quantitative estimate of drug-likeness (QED) is 0.445. The molecule has 0 aromatic heterocycles. The van der Waals surface area contributed by atoms with Gasteiger partial charge in [-0.1, -0.05) is 87.6 Å². The number of rotatable bonds is 6. The van der Waals surface area contributed by atoms with Gasteiger partial charge in [0, 0.05) is 0 Å². The van der Waals surface area contributed by atoms with Crippen LogP contribution in [0.3, 0.4) is 0 Å². The fourth-order valence-corrected chi connectivity index (χ4v) is 6.08. The van der Waals surface area contributed by atoms with Gasteiger partial charge in [0.25, 0.3) is 0 Å². The van der Waals surface area contributed by atoms with Gasteiger partial charge in [-0.25, -0.2) is 0 Å². The van der Waals surface area contributed by atoms with Gasteiger partial charge in [-0.2, -0.15) is 0 Å². The van der Waals surface area contributed by atoms with E-state index in [0.29, 0.717) is 6.61 Å². The summed E-state index contributed by atoms with van der Waals surface area (Å²) in [6.07, 6.45) is 7.72. The number of allylic oxidation sites excluding steroid dienone is 4. The fourth-order valence-electron chi connectivity index (χ4n) is 3.35. The van der Waals surface area contributed by atoms with Crippen molar-refractivity contribution in [2.24, 2.45) is 0 Å². The minimum absolute atomic E-state index is 0.0724. The van der Waals surface area contributed by atoms with E-state index in [2.05, 4.69) is 77.7 Å². The molecular formula is C22H32OSi. The maximum atomic E-state index is 6.15. The summed E-state index contributed by atoms with van der Waals surface area (Å²) >= 11 is 0. The highest BCUT2D eigenvalue weighted by molar-refractivity contribution is 6.83. The van der Waals surface area contributed by atoms with Crippen LogP contribution in [0.1, 0.15) is 45.2 Å². The third kappa shape index (κ3) is 4.30. The Morgan fingerprint density at radius 2 is 1.96 bits per heavy atom. The molecule has 0 spiro atoms. The van der Waals surface area contributed by atoms with Crippen molar-refractivity contribution in [1.82, 2.24) is 0 Å². The van der Waals surface area contributed by atoms with Gasteiger partial charge in [-0.15, -0.1) is 0 Å². The molecule has 2 heteroatoms. The van der Waals surface area contributed by atoms with Crippen LogP contribution < -0.4 is 4.74 Å². The number of benzene rings is 1. The van der Waals surface area contributed by atoms with Crippen LogP contribution in [0.25, 0.3) is 0 Å². The average molecular weight is 341 g/mol. The zero-order valence-corrected chi connectivity index (χ0v) is 17.2. The molecule has 0 N–H and O–H groups in total. The molecule has 0 saturated heterocycles. The normalized spacial score (nSPS) is 15.1. The molecule has 1 aliphatic carbocycles. The maximum absolute atomic E-state index is 6.15. The molecule has 0 aliphatic heterocycles. The maximum Gasteiger partial charge on any atom is 0.126 e. The van der Waals surface area contributed by atoms with E-state index in [9.17, 15) is 0 Å². The Morgan fingerprint density at radius 1 is 1.25 bits per heavy atom. The van der Waals surface area contributed by atoms with Crippen molar-refractivity contribution < 1.29 is 4.74 Å². The lowest BCUT2D eigenvalue weighted by Crippen LogP contribution is -2.32. The highest BCUT2D eigenvalue weighted by Crippen LogP contribution is 2.37. The van der Waals surface area contributed by atoms with Gasteiger partial charge in [0.1, 0.15) is 12.4 Å². The molecule has 1 nitrogen and oxygen atoms in total. The zero-order valence-electron chi connectivity index (χ0n) is 16.2. The zero-order chi connectivity index (χ0) is 18.0. The topological polar surface area (TPSA) is 9.23 Å². The van der Waals surface area contributed by atoms with Crippen molar-refractivity contribution in [2.75, 3.05) is 6.61 Å². The van der Waals surface area contributed by atoms with E-state index >= 15 is 0 Å². The SMILES string of the molecule is C=CCOc1c(C[Si](C)(C)C2=CC(C)=CC2)cccc1C(C)(C)C. The van der Waals surface area contributed by atoms with Gasteiger partial charge in [-0.05, 0) is 35.9 Å². The van der Waals surface area contributed by atoms with Crippen molar-refractivity contribution in [3.05, 3.63) is 64.9 Å². The van der Waals surface area contributed by atoms with Crippen LogP contribution in [-0.2, 0) is 11.5 Å². The average Bonchev–Trinajstić information content (AvgIpc) is 2.92. The van der Waals surface area contributed by atoms with Crippen LogP contribution in [0.15, 0.2) is 53.8 Å². The first-order valence-electron chi connectivity index (χ1n) is 8.89. The molecule has 1 aromatic carbocycles. The van der Waals surface area contributed by atoms with E-state index in [-0.39, 0.29) is 5.41 Å². The molecule has 24 heavy (non-hydrogen) atoms. The first-order valence-corrected chi connectivity index (χ1v) is 12.1. The van der Waals surface area contributed by atoms with Gasteiger partial charge in [0.15, 0.2) is 0 Å². The molecule has 0 amide bonds. The van der Waals surface area contributed by atoms with Crippen molar-refractivity contribution in [2.45, 2.75) is 58.7 Å². The Bertz CT molecular complexity index is 672. The van der Waals surface area contributed by atoms with E-state index < -0.39 is 8.07 Å². The summed E-state index contributed by atoms with van der Waals surface area (Å²) in [4.78, 5) is 0. The summed E-state index contributed by atoms with van der Waals surface area (Å²) < 4.78 is 6.15. The molecule has 0 radical (unpaired) electrons. The molecule has 1 aromatic rings. The van der Waals surface area contributed by atoms with Gasteiger partial charge in [0.05, 0.1) is 8.07 Å². The summed E-state index contributed by atoms with van der Waals surface area (Å²) in [6, 6.07) is 7.76. The highest BCUT2D eigenvalue weighted by atomic mass is 28.3. The van der Waals surface area contributed by atoms with Crippen molar-refractivity contribution in [3.8, 4) is 5.75 Å². The van der Waals surface area contributed by atoms with Crippen LogP contribution in [0.5, 0.6) is 5.75 Å². The molecule has 1 aliphatic rings. The van der Waals surface area contributed by atoms with Crippen molar-refractivity contribution >= 4 is 8.07 Å². The standard InChI is InChI=1S/C22H32OSi/c1-8-14-23-21-18(10-9-11-20(21)22(3,4)5)16-24(6,7)19-13-12-17(2)15-19/h8-12,15H,1,13-14,16H2,2-7H3. The molecule has 2 rings (SSSR count). The molecule has 130 valence electrons. The van der Waals surface area contributed by atoms with Crippen LogP contribution in [0.2, 0.25) is 13.1 Å². The van der Waals surface area contributed by atoms with Gasteiger partial charge >= 0.3 is 0 Å². The number of ether oxygens (including phenoxy) is 1. The summed E-state index contributed by atoms with van der Waals surface area (Å²) in [7, 11) is -1.50. The summed E-state index contributed by atoms with van der Waals surface area (Å²) in [5.41, 5.74) is 4.13. The molecule has 0 bridgehead atoms. The van der Waals surface area contributed by atoms with Crippen LogP contribution in [-0.4, -0.2) is 14.7 Å². The monoisotopic (exact) mass is 340 g/mol. The second-order valence-electron chi connectivity index (χ2n) is 8.53. The van der Waals surface area contributed by atoms with E-state index in [4.69, 9.17) is 4.74 Å². The molecule has 0 unspecified atom stereocenters. The van der Waals surface area contributed by atoms with E-state index in [1.807, 2.05) is 6.08 Å². The third-order valence-corrected chi connectivity index (χ3v) is 8.15. The molecular weight excluding hydrogens is 308 g/mol. The van der Waals surface area contributed by atoms with E-state index in [1.54, 1.807) is 5.20 Å². The Morgan fingerprint density at radius 3 is 2.50 bits per heavy atom. The number of hydrogen-bond acceptors (Lipinski definition) is 1. The lowest BCUT2D eigenvalue weighted by molar-refractivity contribution is 0.348. The minimum Gasteiger partial charge on any atom is -0.489 e. The van der Waals surface area contributed by atoms with E-state index in [1.165, 1.54) is 16.7 Å². The second-order valence-corrected chi connectivity index (χ2v) is 13.3. The summed E-state index contributed by atoms with van der Waals surface area (Å²) in [5.74, 6) is 1.08. The Kier molecular flexibility index (Phi) is 5.59. The molecule has 0 atom stereocenters. The van der Waals surface area contributed by atoms with Crippen molar-refractivity contribution in [3.63, 3.8) is 0 Å². The molecule has 0 heterocycles. The number of hydrogen-bond donors (Lipinski definition) is 0. The van der Waals surface area contributed by atoms with Gasteiger partial charge < -0.3 is 4.74 Å². The highest BCUT2D eigenvalue weighted by Gasteiger charge is 2.30. The lowest BCUT2D eigenvalue weighted by Gasteiger charge is -2.29. The Balaban J connectivity index is 2.39. The first-order chi connectivity index (χ1) is 11.1. The van der Waals surface area contributed by atoms with Gasteiger partial charge in [-0.3, -0.25) is 0 Å². The predicted octanol–water partition coefficient (Wildman–Crippen LogP) is 6.15. The second kappa shape index (κ2) is 7.14. The predicted molar refractivity (Wildman–Crippen MR) is 108 cm³/mol. The first kappa shape index (κ1) is 18.8. The number of para-hydroxylation sites is 1. The molecule has 0 fully saturated rings. The Hall–Kier alpha value is -1.54. The summed E-state index contributed by atoms with van der Waals surface area (Å²) in [5, 5.41) is 1.65. The van der Waals surface area contributed by atoms with Crippen molar-refractivity contribution in [1.29, 1.82) is 0 Å². The minimum atomic E-state index is -1.50. The lowest BCUT2D eigenvalue weighted by atomic mass is 9.85. The molecule has 0 saturated carbocycles. The summed E-state index contributed by atoms with van der Waals surface area (Å²) in [6.45, 7) is 18.3. The van der Waals surface area contributed by atoms with Gasteiger partial charge in [0.2, 0.25) is 0 Å². The smallest absolute Gasteiger partial charge is 0.126 e. The fraction of sp³-hybridized carbons (Fsp3) is 0.455. The largest absolute Gasteiger partial charge is 0.489 e. The third-order valence-electron chi connectivity index (χ3n) is 4.80.